The summed E-state index contributed by atoms with van der Waals surface area (Å²) < 4.78 is 0. The minimum Gasteiger partial charge on any atom is -0.313 e. The molecule has 2 nitrogen and oxygen atoms in total. The lowest BCUT2D eigenvalue weighted by molar-refractivity contribution is -0.114. The Morgan fingerprint density at radius 3 is 2.43 bits per heavy atom. The molecule has 4 aliphatic carbocycles. The van der Waals surface area contributed by atoms with Gasteiger partial charge in [-0.2, -0.15) is 0 Å². The van der Waals surface area contributed by atoms with Crippen LogP contribution in [0.2, 0.25) is 0 Å². The lowest BCUT2D eigenvalue weighted by atomic mass is 9.45. The highest BCUT2D eigenvalue weighted by atomic mass is 15.0. The third kappa shape index (κ3) is 1.91. The average molecular weight is 290 g/mol. The van der Waals surface area contributed by atoms with Crippen molar-refractivity contribution in [2.24, 2.45) is 46.0 Å². The Bertz CT molecular complexity index is 431. The van der Waals surface area contributed by atoms with Gasteiger partial charge in [-0.1, -0.05) is 26.7 Å². The van der Waals surface area contributed by atoms with Crippen molar-refractivity contribution in [2.45, 2.75) is 83.7 Å². The maximum atomic E-state index is 6.61. The molecule has 0 aromatic heterocycles. The van der Waals surface area contributed by atoms with Gasteiger partial charge in [-0.25, -0.2) is 0 Å². The topological polar surface area (TPSA) is 52.0 Å². The molecule has 4 rings (SSSR count). The van der Waals surface area contributed by atoms with Crippen LogP contribution in [0.1, 0.15) is 78.1 Å². The van der Waals surface area contributed by atoms with Gasteiger partial charge in [0.05, 0.1) is 5.66 Å². The Balaban J connectivity index is 1.69. The predicted octanol–water partition coefficient (Wildman–Crippen LogP) is 4.03. The van der Waals surface area contributed by atoms with Gasteiger partial charge < -0.3 is 11.5 Å². The van der Waals surface area contributed by atoms with Crippen LogP contribution >= 0.6 is 0 Å². The quantitative estimate of drug-likeness (QED) is 0.662. The highest BCUT2D eigenvalue weighted by molar-refractivity contribution is 5.13. The second-order valence-electron chi connectivity index (χ2n) is 9.58. The SMILES string of the molecule is C[C@]12CC[C@H]3[C@@H](CC[C@H]4CCCC[C@@]43C)[C@@H]1C(N)(N)CC2. The van der Waals surface area contributed by atoms with Gasteiger partial charge in [-0.15, -0.1) is 0 Å². The van der Waals surface area contributed by atoms with Crippen LogP contribution in [-0.2, 0) is 0 Å². The zero-order valence-corrected chi connectivity index (χ0v) is 14.0. The van der Waals surface area contributed by atoms with Gasteiger partial charge in [-0.3, -0.25) is 0 Å². The van der Waals surface area contributed by atoms with E-state index >= 15 is 0 Å². The first-order valence-corrected chi connectivity index (χ1v) is 9.45. The molecule has 0 unspecified atom stereocenters. The molecule has 0 bridgehead atoms. The van der Waals surface area contributed by atoms with Crippen LogP contribution < -0.4 is 11.5 Å². The Kier molecular flexibility index (Phi) is 3.09. The lowest BCUT2D eigenvalue weighted by Crippen LogP contribution is -2.62. The van der Waals surface area contributed by atoms with Crippen LogP contribution in [0, 0.1) is 34.5 Å². The van der Waals surface area contributed by atoms with Gasteiger partial charge >= 0.3 is 0 Å². The second-order valence-corrected chi connectivity index (χ2v) is 9.58. The van der Waals surface area contributed by atoms with Gasteiger partial charge in [0.15, 0.2) is 0 Å². The van der Waals surface area contributed by atoms with Crippen LogP contribution in [0.4, 0.5) is 0 Å². The molecule has 0 heterocycles. The van der Waals surface area contributed by atoms with E-state index in [9.17, 15) is 0 Å². The minimum absolute atomic E-state index is 0.393. The Hall–Kier alpha value is -0.0800. The van der Waals surface area contributed by atoms with Crippen molar-refractivity contribution in [3.63, 3.8) is 0 Å². The smallest absolute Gasteiger partial charge is 0.0673 e. The second kappa shape index (κ2) is 4.47. The third-order valence-electron chi connectivity index (χ3n) is 8.58. The number of fused-ring (bicyclic) bond motifs is 5. The molecule has 0 saturated heterocycles. The molecule has 120 valence electrons. The summed E-state index contributed by atoms with van der Waals surface area (Å²) in [6.07, 6.45) is 13.8. The summed E-state index contributed by atoms with van der Waals surface area (Å²) in [7, 11) is 0. The first-order chi connectivity index (χ1) is 9.87. The number of hydrogen-bond donors (Lipinski definition) is 2. The largest absolute Gasteiger partial charge is 0.313 e. The first-order valence-electron chi connectivity index (χ1n) is 9.45. The monoisotopic (exact) mass is 290 g/mol. The maximum absolute atomic E-state index is 6.61. The van der Waals surface area contributed by atoms with E-state index in [1.54, 1.807) is 0 Å². The summed E-state index contributed by atoms with van der Waals surface area (Å²) in [5.41, 5.74) is 13.9. The summed E-state index contributed by atoms with van der Waals surface area (Å²) in [6, 6.07) is 0. The van der Waals surface area contributed by atoms with Gasteiger partial charge in [-0.05, 0) is 85.9 Å². The fourth-order valence-electron chi connectivity index (χ4n) is 7.56. The highest BCUT2D eigenvalue weighted by Crippen LogP contribution is 2.66. The van der Waals surface area contributed by atoms with E-state index in [4.69, 9.17) is 11.5 Å². The number of rotatable bonds is 0. The summed E-state index contributed by atoms with van der Waals surface area (Å²) in [4.78, 5) is 0. The molecule has 0 radical (unpaired) electrons. The summed E-state index contributed by atoms with van der Waals surface area (Å²) in [6.45, 7) is 5.12. The molecule has 4 N–H and O–H groups in total. The molecular formula is C19H34N2. The number of hydrogen-bond acceptors (Lipinski definition) is 2. The molecule has 0 aromatic carbocycles. The normalized spacial score (nSPS) is 55.4. The Labute approximate surface area is 130 Å². The molecule has 6 atom stereocenters. The maximum Gasteiger partial charge on any atom is 0.0673 e. The van der Waals surface area contributed by atoms with Crippen molar-refractivity contribution < 1.29 is 0 Å². The molecule has 2 heteroatoms. The third-order valence-corrected chi connectivity index (χ3v) is 8.58. The van der Waals surface area contributed by atoms with E-state index in [0.29, 0.717) is 16.7 Å². The molecule has 4 saturated carbocycles. The average Bonchev–Trinajstić information content (AvgIpc) is 2.69. The van der Waals surface area contributed by atoms with E-state index in [1.165, 1.54) is 57.8 Å². The van der Waals surface area contributed by atoms with Crippen LogP contribution in [0.15, 0.2) is 0 Å². The molecular weight excluding hydrogens is 256 g/mol. The summed E-state index contributed by atoms with van der Waals surface area (Å²) >= 11 is 0. The van der Waals surface area contributed by atoms with E-state index < -0.39 is 5.66 Å². The van der Waals surface area contributed by atoms with Gasteiger partial charge in [0, 0.05) is 0 Å². The van der Waals surface area contributed by atoms with Crippen LogP contribution in [-0.4, -0.2) is 5.66 Å². The van der Waals surface area contributed by atoms with E-state index in [-0.39, 0.29) is 0 Å². The van der Waals surface area contributed by atoms with Crippen molar-refractivity contribution in [1.29, 1.82) is 0 Å². The van der Waals surface area contributed by atoms with Crippen LogP contribution in [0.5, 0.6) is 0 Å². The Morgan fingerprint density at radius 1 is 0.810 bits per heavy atom. The van der Waals surface area contributed by atoms with Crippen molar-refractivity contribution in [2.75, 3.05) is 0 Å². The lowest BCUT2D eigenvalue weighted by Gasteiger charge is -2.61. The zero-order valence-electron chi connectivity index (χ0n) is 14.0. The Morgan fingerprint density at radius 2 is 1.62 bits per heavy atom. The fraction of sp³-hybridized carbons (Fsp3) is 1.00. The van der Waals surface area contributed by atoms with E-state index in [2.05, 4.69) is 13.8 Å². The first kappa shape index (κ1) is 14.5. The molecule has 0 spiro atoms. The van der Waals surface area contributed by atoms with Gasteiger partial charge in [0.25, 0.3) is 0 Å². The van der Waals surface area contributed by atoms with E-state index in [1.807, 2.05) is 0 Å². The molecule has 0 amide bonds. The summed E-state index contributed by atoms with van der Waals surface area (Å²) in [5.74, 6) is 3.27. The predicted molar refractivity (Wildman–Crippen MR) is 87.4 cm³/mol. The van der Waals surface area contributed by atoms with Crippen molar-refractivity contribution >= 4 is 0 Å². The van der Waals surface area contributed by atoms with Crippen LogP contribution in [0.25, 0.3) is 0 Å². The van der Waals surface area contributed by atoms with Crippen molar-refractivity contribution in [1.82, 2.24) is 0 Å². The zero-order chi connectivity index (χ0) is 14.9. The fourth-order valence-corrected chi connectivity index (χ4v) is 7.56. The minimum atomic E-state index is -0.393. The van der Waals surface area contributed by atoms with Gasteiger partial charge in [0.1, 0.15) is 0 Å². The van der Waals surface area contributed by atoms with Crippen molar-refractivity contribution in [3.8, 4) is 0 Å². The molecule has 4 aliphatic rings. The van der Waals surface area contributed by atoms with Gasteiger partial charge in [0.2, 0.25) is 0 Å². The van der Waals surface area contributed by atoms with E-state index in [0.717, 1.165) is 24.2 Å². The van der Waals surface area contributed by atoms with Crippen LogP contribution in [0.3, 0.4) is 0 Å². The summed E-state index contributed by atoms with van der Waals surface area (Å²) in [5, 5.41) is 0. The molecule has 0 aliphatic heterocycles. The molecule has 21 heavy (non-hydrogen) atoms. The molecule has 0 aromatic rings. The highest BCUT2D eigenvalue weighted by Gasteiger charge is 2.62. The standard InChI is InChI=1S/C19H34N2/c1-17-10-8-15-14(16(17)19(20,21)12-11-17)7-6-13-5-3-4-9-18(13,15)2/h13-16H,3-12,20-21H2,1-2H3/t13-,14-,15+,16+,17-,18+/m1/s1. The number of nitrogens with two attached hydrogens (primary N) is 2. The van der Waals surface area contributed by atoms with Crippen molar-refractivity contribution in [3.05, 3.63) is 0 Å². The molecule has 4 fully saturated rings.